The minimum atomic E-state index is -0.166. The molecule has 0 radical (unpaired) electrons. The summed E-state index contributed by atoms with van der Waals surface area (Å²) in [5.74, 6) is 0.559. The Morgan fingerprint density at radius 1 is 1.60 bits per heavy atom. The standard InChI is InChI=1S/C9H11N3O3/c1-2-12-4-8(3-10-12)15-9-11-7(5-13)6-14-9/h3-4,6,13H,2,5H2,1H3. The number of rotatable bonds is 4. The lowest BCUT2D eigenvalue weighted by molar-refractivity contribution is 0.276. The number of aryl methyl sites for hydroxylation is 1. The van der Waals surface area contributed by atoms with E-state index in [0.717, 1.165) is 6.54 Å². The van der Waals surface area contributed by atoms with E-state index in [9.17, 15) is 0 Å². The fraction of sp³-hybridized carbons (Fsp3) is 0.333. The van der Waals surface area contributed by atoms with Crippen molar-refractivity contribution < 1.29 is 14.3 Å². The summed E-state index contributed by atoms with van der Waals surface area (Å²) in [6, 6.07) is 0. The van der Waals surface area contributed by atoms with Crippen molar-refractivity contribution in [2.45, 2.75) is 20.1 Å². The predicted octanol–water partition coefficient (Wildman–Crippen LogP) is 1.18. The summed E-state index contributed by atoms with van der Waals surface area (Å²) in [5.41, 5.74) is 0.438. The van der Waals surface area contributed by atoms with E-state index in [0.29, 0.717) is 11.4 Å². The van der Waals surface area contributed by atoms with Crippen molar-refractivity contribution in [1.82, 2.24) is 14.8 Å². The largest absolute Gasteiger partial charge is 0.417 e. The lowest BCUT2D eigenvalue weighted by atomic mass is 10.5. The molecule has 80 valence electrons. The van der Waals surface area contributed by atoms with Gasteiger partial charge in [0.15, 0.2) is 5.75 Å². The number of hydrogen-bond donors (Lipinski definition) is 1. The quantitative estimate of drug-likeness (QED) is 0.818. The van der Waals surface area contributed by atoms with Gasteiger partial charge in [-0.3, -0.25) is 4.68 Å². The Morgan fingerprint density at radius 3 is 3.07 bits per heavy atom. The van der Waals surface area contributed by atoms with Crippen molar-refractivity contribution in [3.8, 4) is 11.8 Å². The number of hydrogen-bond acceptors (Lipinski definition) is 5. The molecule has 6 heteroatoms. The van der Waals surface area contributed by atoms with Crippen molar-refractivity contribution in [3.63, 3.8) is 0 Å². The lowest BCUT2D eigenvalue weighted by Gasteiger charge is -1.94. The maximum absolute atomic E-state index is 8.76. The van der Waals surface area contributed by atoms with E-state index < -0.39 is 0 Å². The van der Waals surface area contributed by atoms with Crippen molar-refractivity contribution in [2.24, 2.45) is 0 Å². The van der Waals surface area contributed by atoms with Gasteiger partial charge in [0.2, 0.25) is 0 Å². The van der Waals surface area contributed by atoms with Crippen LogP contribution in [-0.4, -0.2) is 19.9 Å². The molecule has 0 aliphatic carbocycles. The van der Waals surface area contributed by atoms with Gasteiger partial charge in [0.1, 0.15) is 12.0 Å². The second kappa shape index (κ2) is 4.14. The van der Waals surface area contributed by atoms with E-state index in [1.165, 1.54) is 6.26 Å². The molecule has 2 rings (SSSR count). The first kappa shape index (κ1) is 9.72. The molecule has 0 amide bonds. The highest BCUT2D eigenvalue weighted by Gasteiger charge is 2.06. The summed E-state index contributed by atoms with van der Waals surface area (Å²) in [5, 5.41) is 12.8. The van der Waals surface area contributed by atoms with E-state index in [1.807, 2.05) is 6.92 Å². The van der Waals surface area contributed by atoms with Crippen LogP contribution in [0.15, 0.2) is 23.1 Å². The topological polar surface area (TPSA) is 73.3 Å². The summed E-state index contributed by atoms with van der Waals surface area (Å²) in [6.45, 7) is 2.59. The maximum Gasteiger partial charge on any atom is 0.399 e. The summed E-state index contributed by atoms with van der Waals surface area (Å²) in [4.78, 5) is 3.88. The summed E-state index contributed by atoms with van der Waals surface area (Å²) in [7, 11) is 0. The number of aliphatic hydroxyl groups is 1. The monoisotopic (exact) mass is 209 g/mol. The zero-order valence-corrected chi connectivity index (χ0v) is 8.25. The van der Waals surface area contributed by atoms with Gasteiger partial charge >= 0.3 is 6.08 Å². The zero-order valence-electron chi connectivity index (χ0n) is 8.25. The molecule has 6 nitrogen and oxygen atoms in total. The van der Waals surface area contributed by atoms with E-state index in [2.05, 4.69) is 10.1 Å². The highest BCUT2D eigenvalue weighted by Crippen LogP contribution is 2.19. The average Bonchev–Trinajstić information content (AvgIpc) is 2.87. The SMILES string of the molecule is CCn1cc(Oc2nc(CO)co2)cn1. The molecule has 0 aromatic carbocycles. The molecule has 0 saturated heterocycles. The molecule has 2 aromatic heterocycles. The Morgan fingerprint density at radius 2 is 2.47 bits per heavy atom. The number of aliphatic hydroxyl groups excluding tert-OH is 1. The molecular formula is C9H11N3O3. The molecule has 0 spiro atoms. The molecule has 2 heterocycles. The smallest absolute Gasteiger partial charge is 0.399 e. The van der Waals surface area contributed by atoms with Gasteiger partial charge in [0.25, 0.3) is 0 Å². The van der Waals surface area contributed by atoms with Gasteiger partial charge in [-0.25, -0.2) is 0 Å². The van der Waals surface area contributed by atoms with Crippen LogP contribution in [0.4, 0.5) is 0 Å². The Labute approximate surface area is 86.1 Å². The summed E-state index contributed by atoms with van der Waals surface area (Å²) >= 11 is 0. The van der Waals surface area contributed by atoms with Gasteiger partial charge in [-0.2, -0.15) is 10.1 Å². The minimum absolute atomic E-state index is 0.106. The van der Waals surface area contributed by atoms with Gasteiger partial charge in [-0.05, 0) is 6.92 Å². The van der Waals surface area contributed by atoms with E-state index in [4.69, 9.17) is 14.3 Å². The van der Waals surface area contributed by atoms with E-state index >= 15 is 0 Å². The fourth-order valence-corrected chi connectivity index (χ4v) is 1.08. The minimum Gasteiger partial charge on any atom is -0.417 e. The molecule has 0 fully saturated rings. The van der Waals surface area contributed by atoms with Gasteiger partial charge in [-0.15, -0.1) is 0 Å². The van der Waals surface area contributed by atoms with Crippen LogP contribution in [0.1, 0.15) is 12.6 Å². The third kappa shape index (κ3) is 2.16. The van der Waals surface area contributed by atoms with Crippen molar-refractivity contribution in [2.75, 3.05) is 0 Å². The third-order valence-corrected chi connectivity index (χ3v) is 1.83. The van der Waals surface area contributed by atoms with Gasteiger partial charge < -0.3 is 14.3 Å². The number of oxazole rings is 1. The normalized spacial score (nSPS) is 10.5. The van der Waals surface area contributed by atoms with Crippen LogP contribution in [0.25, 0.3) is 0 Å². The fourth-order valence-electron chi connectivity index (χ4n) is 1.08. The average molecular weight is 209 g/mol. The molecule has 0 aliphatic rings. The van der Waals surface area contributed by atoms with Crippen LogP contribution < -0.4 is 4.74 Å². The molecule has 0 bridgehead atoms. The number of aromatic nitrogens is 3. The maximum atomic E-state index is 8.76. The highest BCUT2D eigenvalue weighted by atomic mass is 16.6. The van der Waals surface area contributed by atoms with Crippen molar-refractivity contribution in [3.05, 3.63) is 24.4 Å². The Hall–Kier alpha value is -1.82. The molecule has 0 saturated carbocycles. The van der Waals surface area contributed by atoms with Crippen LogP contribution in [0.2, 0.25) is 0 Å². The number of ether oxygens (including phenoxy) is 1. The molecule has 15 heavy (non-hydrogen) atoms. The molecular weight excluding hydrogens is 198 g/mol. The summed E-state index contributed by atoms with van der Waals surface area (Å²) in [6.07, 6.45) is 4.77. The molecule has 1 N–H and O–H groups in total. The van der Waals surface area contributed by atoms with Gasteiger partial charge in [0, 0.05) is 6.54 Å². The molecule has 2 aromatic rings. The van der Waals surface area contributed by atoms with Crippen molar-refractivity contribution in [1.29, 1.82) is 0 Å². The first-order chi connectivity index (χ1) is 7.31. The molecule has 0 unspecified atom stereocenters. The van der Waals surface area contributed by atoms with E-state index in [-0.39, 0.29) is 12.7 Å². The predicted molar refractivity (Wildman–Crippen MR) is 50.4 cm³/mol. The van der Waals surface area contributed by atoms with Crippen LogP contribution in [-0.2, 0) is 13.2 Å². The van der Waals surface area contributed by atoms with Gasteiger partial charge in [0.05, 0.1) is 19.0 Å². The first-order valence-electron chi connectivity index (χ1n) is 4.57. The van der Waals surface area contributed by atoms with Gasteiger partial charge in [-0.1, -0.05) is 0 Å². The second-order valence-corrected chi connectivity index (χ2v) is 2.90. The first-order valence-corrected chi connectivity index (χ1v) is 4.57. The van der Waals surface area contributed by atoms with Crippen LogP contribution in [0.5, 0.6) is 11.8 Å². The third-order valence-electron chi connectivity index (χ3n) is 1.83. The van der Waals surface area contributed by atoms with Crippen LogP contribution >= 0.6 is 0 Å². The second-order valence-electron chi connectivity index (χ2n) is 2.90. The van der Waals surface area contributed by atoms with Crippen LogP contribution in [0.3, 0.4) is 0 Å². The van der Waals surface area contributed by atoms with Crippen LogP contribution in [0, 0.1) is 0 Å². The Kier molecular flexibility index (Phi) is 2.68. The molecule has 0 aliphatic heterocycles. The van der Waals surface area contributed by atoms with Crippen molar-refractivity contribution >= 4 is 0 Å². The van der Waals surface area contributed by atoms with E-state index in [1.54, 1.807) is 17.1 Å². The lowest BCUT2D eigenvalue weighted by Crippen LogP contribution is -1.92. The Balaban J connectivity index is 2.07. The summed E-state index contributed by atoms with van der Waals surface area (Å²) < 4.78 is 12.0. The molecule has 0 atom stereocenters. The zero-order chi connectivity index (χ0) is 10.7. The Bertz CT molecular complexity index is 395. The highest BCUT2D eigenvalue weighted by molar-refractivity contribution is 5.16. The number of nitrogens with zero attached hydrogens (tertiary/aromatic N) is 3.